The van der Waals surface area contributed by atoms with Crippen LogP contribution in [0.3, 0.4) is 0 Å². The molecule has 0 saturated carbocycles. The third-order valence-corrected chi connectivity index (χ3v) is 15.9. The van der Waals surface area contributed by atoms with Crippen molar-refractivity contribution in [1.82, 2.24) is 0 Å². The number of allylic oxidation sites excluding steroid dienone is 3. The number of rotatable bonds is 12. The van der Waals surface area contributed by atoms with Crippen LogP contribution in [0.2, 0.25) is 36.3 Å². The van der Waals surface area contributed by atoms with Crippen molar-refractivity contribution in [3.8, 4) is 0 Å². The first-order valence-electron chi connectivity index (χ1n) is 11.9. The van der Waals surface area contributed by atoms with Gasteiger partial charge >= 0.3 is 0 Å². The lowest BCUT2D eigenvalue weighted by atomic mass is 10.0. The summed E-state index contributed by atoms with van der Waals surface area (Å²) in [6, 6.07) is 0. The summed E-state index contributed by atoms with van der Waals surface area (Å²) < 4.78 is 13.8. The van der Waals surface area contributed by atoms with Crippen molar-refractivity contribution in [2.45, 2.75) is 136 Å². The molecule has 0 radical (unpaired) electrons. The Hall–Kier alpha value is -0.496. The van der Waals surface area contributed by atoms with Gasteiger partial charge in [0.1, 0.15) is 6.29 Å². The first kappa shape index (κ1) is 30.5. The largest absolute Gasteiger partial charge is 0.411 e. The number of hydrogen-bond acceptors (Lipinski definition) is 3. The van der Waals surface area contributed by atoms with Crippen molar-refractivity contribution in [3.63, 3.8) is 0 Å². The second-order valence-electron chi connectivity index (χ2n) is 12.3. The van der Waals surface area contributed by atoms with Crippen LogP contribution in [0.25, 0.3) is 0 Å². The van der Waals surface area contributed by atoms with Crippen molar-refractivity contribution in [2.75, 3.05) is 0 Å². The van der Waals surface area contributed by atoms with E-state index in [1.165, 1.54) is 11.1 Å². The van der Waals surface area contributed by atoms with Gasteiger partial charge in [0, 0.05) is 6.42 Å². The third-order valence-electron chi connectivity index (χ3n) is 6.96. The number of carbonyl (C=O) groups excluding carboxylic acids is 1. The molecule has 0 unspecified atom stereocenters. The van der Waals surface area contributed by atoms with E-state index >= 15 is 0 Å². The Balaban J connectivity index is 6.09. The Morgan fingerprint density at radius 1 is 0.839 bits per heavy atom. The lowest BCUT2D eigenvalue weighted by Crippen LogP contribution is -2.51. The summed E-state index contributed by atoms with van der Waals surface area (Å²) in [4.78, 5) is 11.3. The minimum absolute atomic E-state index is 0.0985. The lowest BCUT2D eigenvalue weighted by Gasteiger charge is -2.44. The maximum Gasteiger partial charge on any atom is 0.193 e. The van der Waals surface area contributed by atoms with Gasteiger partial charge in [-0.1, -0.05) is 64.8 Å². The quantitative estimate of drug-likeness (QED) is 0.164. The van der Waals surface area contributed by atoms with Gasteiger partial charge in [0.25, 0.3) is 0 Å². The minimum Gasteiger partial charge on any atom is -0.411 e. The fraction of sp³-hybridized carbons (Fsp3) is 0.808. The first-order valence-corrected chi connectivity index (χ1v) is 17.8. The van der Waals surface area contributed by atoms with Crippen LogP contribution in [0, 0.1) is 0 Å². The Kier molecular flexibility index (Phi) is 11.9. The van der Waals surface area contributed by atoms with E-state index in [1.54, 1.807) is 0 Å². The summed E-state index contributed by atoms with van der Waals surface area (Å²) in [6.07, 6.45) is 8.63. The summed E-state index contributed by atoms with van der Waals surface area (Å²) in [6.45, 7) is 29.3. The number of carbonyl (C=O) groups is 1. The number of aldehydes is 1. The normalized spacial score (nSPS) is 16.1. The van der Waals surface area contributed by atoms with E-state index in [-0.39, 0.29) is 22.3 Å². The van der Waals surface area contributed by atoms with Gasteiger partial charge in [-0.25, -0.2) is 0 Å². The molecule has 0 aromatic carbocycles. The Labute approximate surface area is 196 Å². The van der Waals surface area contributed by atoms with Crippen molar-refractivity contribution < 1.29 is 13.6 Å². The Morgan fingerprint density at radius 3 is 1.74 bits per heavy atom. The molecule has 0 amide bonds. The molecule has 0 fully saturated rings. The van der Waals surface area contributed by atoms with Crippen LogP contribution in [0.1, 0.15) is 88.0 Å². The SMILES string of the molecule is CC(C)=CCC/C(C)=C/[C@@H](O[Si](C)(C)C(C)(C)C)[C@@H](CCC=O)O[Si](C)(C)C(C)(C)C. The van der Waals surface area contributed by atoms with E-state index in [9.17, 15) is 4.79 Å². The van der Waals surface area contributed by atoms with E-state index in [4.69, 9.17) is 8.85 Å². The molecule has 0 heterocycles. The molecule has 5 heteroatoms. The zero-order chi connectivity index (χ0) is 24.7. The fourth-order valence-electron chi connectivity index (χ4n) is 2.76. The van der Waals surface area contributed by atoms with Crippen LogP contribution in [0.15, 0.2) is 23.3 Å². The average molecular weight is 469 g/mol. The maximum absolute atomic E-state index is 11.3. The van der Waals surface area contributed by atoms with Gasteiger partial charge in [-0.15, -0.1) is 0 Å². The van der Waals surface area contributed by atoms with Gasteiger partial charge in [0.05, 0.1) is 12.2 Å². The molecule has 0 aromatic heterocycles. The summed E-state index contributed by atoms with van der Waals surface area (Å²) >= 11 is 0. The van der Waals surface area contributed by atoms with Gasteiger partial charge in [-0.3, -0.25) is 0 Å². The third kappa shape index (κ3) is 10.8. The van der Waals surface area contributed by atoms with E-state index in [0.29, 0.717) is 12.8 Å². The molecule has 2 atom stereocenters. The van der Waals surface area contributed by atoms with Crippen LogP contribution in [-0.4, -0.2) is 35.1 Å². The Bertz CT molecular complexity index is 616. The molecule has 0 aliphatic heterocycles. The fourth-order valence-corrected chi connectivity index (χ4v) is 5.38. The molecule has 0 aromatic rings. The highest BCUT2D eigenvalue weighted by atomic mass is 28.4. The first-order chi connectivity index (χ1) is 13.8. The predicted molar refractivity (Wildman–Crippen MR) is 142 cm³/mol. The van der Waals surface area contributed by atoms with Gasteiger partial charge in [0.15, 0.2) is 16.6 Å². The second kappa shape index (κ2) is 12.1. The molecule has 31 heavy (non-hydrogen) atoms. The smallest absolute Gasteiger partial charge is 0.193 e. The highest BCUT2D eigenvalue weighted by Gasteiger charge is 2.44. The monoisotopic (exact) mass is 468 g/mol. The van der Waals surface area contributed by atoms with Crippen LogP contribution in [-0.2, 0) is 13.6 Å². The van der Waals surface area contributed by atoms with E-state index < -0.39 is 16.6 Å². The molecule has 0 spiro atoms. The number of hydrogen-bond donors (Lipinski definition) is 0. The van der Waals surface area contributed by atoms with Crippen LogP contribution >= 0.6 is 0 Å². The summed E-state index contributed by atoms with van der Waals surface area (Å²) in [7, 11) is -4.03. The molecule has 0 rings (SSSR count). The zero-order valence-corrected chi connectivity index (χ0v) is 24.9. The molecule has 0 saturated heterocycles. The average Bonchev–Trinajstić information content (AvgIpc) is 2.55. The molecule has 3 nitrogen and oxygen atoms in total. The molecule has 0 aliphatic carbocycles. The molecule has 0 aliphatic rings. The molecule has 0 bridgehead atoms. The van der Waals surface area contributed by atoms with Gasteiger partial charge in [-0.05, 0) is 76.3 Å². The molecular formula is C26H52O3Si2. The predicted octanol–water partition coefficient (Wildman–Crippen LogP) is 8.44. The van der Waals surface area contributed by atoms with Gasteiger partial charge < -0.3 is 13.6 Å². The highest BCUT2D eigenvalue weighted by molar-refractivity contribution is 6.74. The topological polar surface area (TPSA) is 35.5 Å². The molecular weight excluding hydrogens is 416 g/mol. The summed E-state index contributed by atoms with van der Waals surface area (Å²) in [5, 5.41) is 0.220. The van der Waals surface area contributed by atoms with Crippen LogP contribution in [0.5, 0.6) is 0 Å². The lowest BCUT2D eigenvalue weighted by molar-refractivity contribution is -0.108. The highest BCUT2D eigenvalue weighted by Crippen LogP contribution is 2.41. The summed E-state index contributed by atoms with van der Waals surface area (Å²) in [5.74, 6) is 0. The van der Waals surface area contributed by atoms with Gasteiger partial charge in [0.2, 0.25) is 0 Å². The van der Waals surface area contributed by atoms with Gasteiger partial charge in [-0.2, -0.15) is 0 Å². The second-order valence-corrected chi connectivity index (χ2v) is 21.8. The Morgan fingerprint density at radius 2 is 1.32 bits per heavy atom. The van der Waals surface area contributed by atoms with Crippen molar-refractivity contribution in [1.29, 1.82) is 0 Å². The zero-order valence-electron chi connectivity index (χ0n) is 22.9. The molecule has 182 valence electrons. The minimum atomic E-state index is -2.02. The van der Waals surface area contributed by atoms with Crippen molar-refractivity contribution in [2.24, 2.45) is 0 Å². The van der Waals surface area contributed by atoms with E-state index in [0.717, 1.165) is 19.1 Å². The standard InChI is InChI=1S/C26H52O3Si2/c1-21(2)16-14-17-22(3)20-24(29-31(12,13)26(7,8)9)23(18-15-19-27)28-30(10,11)25(4,5)6/h16,19-20,23-24H,14-15,17-18H2,1-13H3/b22-20+/t23-,24-/m1/s1. The summed E-state index contributed by atoms with van der Waals surface area (Å²) in [5.41, 5.74) is 2.68. The maximum atomic E-state index is 11.3. The van der Waals surface area contributed by atoms with Crippen molar-refractivity contribution in [3.05, 3.63) is 23.3 Å². The van der Waals surface area contributed by atoms with Crippen LogP contribution in [0.4, 0.5) is 0 Å². The van der Waals surface area contributed by atoms with Crippen molar-refractivity contribution >= 4 is 22.9 Å². The van der Waals surface area contributed by atoms with E-state index in [2.05, 4.69) is 101 Å². The van der Waals surface area contributed by atoms with Crippen LogP contribution < -0.4 is 0 Å². The molecule has 0 N–H and O–H groups in total. The van der Waals surface area contributed by atoms with E-state index in [1.807, 2.05) is 0 Å².